The zero-order chi connectivity index (χ0) is 15.7. The molecule has 0 heterocycles. The highest BCUT2D eigenvalue weighted by molar-refractivity contribution is 8.13. The van der Waals surface area contributed by atoms with Gasteiger partial charge in [-0.05, 0) is 11.8 Å². The van der Waals surface area contributed by atoms with E-state index in [1.807, 2.05) is 0 Å². The van der Waals surface area contributed by atoms with E-state index in [1.54, 1.807) is 13.8 Å². The number of carboxylic acids is 1. The van der Waals surface area contributed by atoms with E-state index in [0.717, 1.165) is 0 Å². The molecule has 0 aliphatic carbocycles. The molecule has 0 aliphatic rings. The molecule has 8 nitrogen and oxygen atoms in total. The van der Waals surface area contributed by atoms with Gasteiger partial charge in [0.05, 0.1) is 5.92 Å². The van der Waals surface area contributed by atoms with Crippen LogP contribution in [0.3, 0.4) is 0 Å². The van der Waals surface area contributed by atoms with Crippen LogP contribution in [0.25, 0.3) is 0 Å². The Morgan fingerprint density at radius 3 is 2.25 bits per heavy atom. The molecular weight excluding hydrogens is 290 g/mol. The van der Waals surface area contributed by atoms with Crippen LogP contribution in [0.4, 0.5) is 4.79 Å². The summed E-state index contributed by atoms with van der Waals surface area (Å²) in [6, 6.07) is -1.19. The Bertz CT molecular complexity index is 383. The molecule has 2 N–H and O–H groups in total. The number of nitrogens with one attached hydrogen (secondary N) is 1. The molecule has 0 rings (SSSR count). The number of carboxylic acid groups (broad SMARTS) is 1. The molecule has 0 aromatic carbocycles. The third kappa shape index (κ3) is 8.35. The summed E-state index contributed by atoms with van der Waals surface area (Å²) < 4.78 is 9.18. The van der Waals surface area contributed by atoms with Gasteiger partial charge in [0.1, 0.15) is 6.04 Å². The van der Waals surface area contributed by atoms with E-state index in [9.17, 15) is 19.2 Å². The molecule has 0 aromatic rings. The van der Waals surface area contributed by atoms with Gasteiger partial charge in [0.15, 0.2) is 0 Å². The average Bonchev–Trinajstić information content (AvgIpc) is 2.33. The summed E-state index contributed by atoms with van der Waals surface area (Å²) in [5.41, 5.74) is 0. The molecule has 0 saturated carbocycles. The molecular formula is C11H17NO7S. The minimum atomic E-state index is -1.26. The fourth-order valence-electron chi connectivity index (χ4n) is 0.915. The number of ether oxygens (including phenoxy) is 2. The van der Waals surface area contributed by atoms with Gasteiger partial charge in [0, 0.05) is 12.7 Å². The van der Waals surface area contributed by atoms with E-state index in [2.05, 4.69) is 14.8 Å². The average molecular weight is 307 g/mol. The summed E-state index contributed by atoms with van der Waals surface area (Å²) in [6.45, 7) is 3.90. The van der Waals surface area contributed by atoms with Gasteiger partial charge in [-0.1, -0.05) is 13.8 Å². The van der Waals surface area contributed by atoms with E-state index in [-0.39, 0.29) is 11.7 Å². The van der Waals surface area contributed by atoms with Crippen LogP contribution in [0.2, 0.25) is 0 Å². The van der Waals surface area contributed by atoms with Crippen LogP contribution >= 0.6 is 11.8 Å². The van der Waals surface area contributed by atoms with Crippen LogP contribution in [-0.4, -0.2) is 46.8 Å². The molecule has 0 spiro atoms. The number of hydrogen-bond acceptors (Lipinski definition) is 7. The minimum Gasteiger partial charge on any atom is -0.480 e. The first kappa shape index (κ1) is 18.2. The van der Waals surface area contributed by atoms with Crippen molar-refractivity contribution in [3.05, 3.63) is 0 Å². The van der Waals surface area contributed by atoms with Gasteiger partial charge in [-0.25, -0.2) is 9.59 Å². The fraction of sp³-hybridized carbons (Fsp3) is 0.636. The quantitative estimate of drug-likeness (QED) is 0.518. The second kappa shape index (κ2) is 9.18. The number of carbonyl (C=O) groups is 4. The number of amides is 1. The van der Waals surface area contributed by atoms with Crippen molar-refractivity contribution in [3.8, 4) is 0 Å². The Balaban J connectivity index is 3.99. The molecule has 1 amide bonds. The SMILES string of the molecule is CC(=O)N[C@@H](CSC(=O)OCOC(=O)C(C)C)C(=O)O. The summed E-state index contributed by atoms with van der Waals surface area (Å²) in [5, 5.41) is 10.2. The zero-order valence-electron chi connectivity index (χ0n) is 11.4. The Morgan fingerprint density at radius 2 is 1.80 bits per heavy atom. The molecule has 0 fully saturated rings. The molecule has 0 unspecified atom stereocenters. The van der Waals surface area contributed by atoms with E-state index < -0.39 is 36.0 Å². The lowest BCUT2D eigenvalue weighted by molar-refractivity contribution is -0.155. The van der Waals surface area contributed by atoms with Crippen molar-refractivity contribution in [2.45, 2.75) is 26.8 Å². The maximum atomic E-state index is 11.3. The van der Waals surface area contributed by atoms with Crippen LogP contribution in [0, 0.1) is 5.92 Å². The van der Waals surface area contributed by atoms with E-state index in [1.165, 1.54) is 6.92 Å². The molecule has 0 saturated heterocycles. The maximum Gasteiger partial charge on any atom is 0.370 e. The lowest BCUT2D eigenvalue weighted by Crippen LogP contribution is -2.41. The summed E-state index contributed by atoms with van der Waals surface area (Å²) in [4.78, 5) is 43.8. The van der Waals surface area contributed by atoms with Gasteiger partial charge in [-0.3, -0.25) is 9.59 Å². The second-order valence-electron chi connectivity index (χ2n) is 4.03. The predicted octanol–water partition coefficient (Wildman–Crippen LogP) is 0.602. The third-order valence-corrected chi connectivity index (χ3v) is 2.75. The number of aliphatic carboxylic acids is 1. The lowest BCUT2D eigenvalue weighted by Gasteiger charge is -2.12. The van der Waals surface area contributed by atoms with E-state index >= 15 is 0 Å². The molecule has 0 aromatic heterocycles. The van der Waals surface area contributed by atoms with Gasteiger partial charge in [-0.2, -0.15) is 0 Å². The van der Waals surface area contributed by atoms with Gasteiger partial charge in [-0.15, -0.1) is 0 Å². The molecule has 9 heteroatoms. The summed E-state index contributed by atoms with van der Waals surface area (Å²) >= 11 is 0.567. The maximum absolute atomic E-state index is 11.3. The first-order valence-electron chi connectivity index (χ1n) is 5.70. The normalized spacial score (nSPS) is 11.6. The van der Waals surface area contributed by atoms with Crippen molar-refractivity contribution in [3.63, 3.8) is 0 Å². The van der Waals surface area contributed by atoms with Crippen molar-refractivity contribution in [1.29, 1.82) is 0 Å². The van der Waals surface area contributed by atoms with Crippen molar-refractivity contribution < 1.29 is 33.8 Å². The Morgan fingerprint density at radius 1 is 1.20 bits per heavy atom. The van der Waals surface area contributed by atoms with Crippen molar-refractivity contribution in [2.24, 2.45) is 5.92 Å². The molecule has 0 radical (unpaired) electrons. The molecule has 0 bridgehead atoms. The Labute approximate surface area is 120 Å². The Kier molecular flexibility index (Phi) is 8.37. The first-order valence-corrected chi connectivity index (χ1v) is 6.68. The lowest BCUT2D eigenvalue weighted by atomic mass is 10.2. The summed E-state index contributed by atoms with van der Waals surface area (Å²) in [7, 11) is 0. The van der Waals surface area contributed by atoms with E-state index in [4.69, 9.17) is 5.11 Å². The molecule has 0 aliphatic heterocycles. The monoisotopic (exact) mass is 307 g/mol. The van der Waals surface area contributed by atoms with Crippen LogP contribution in [0.15, 0.2) is 0 Å². The standard InChI is InChI=1S/C11H17NO7S/c1-6(2)10(16)18-5-19-11(17)20-4-8(9(14)15)12-7(3)13/h6,8H,4-5H2,1-3H3,(H,12,13)(H,14,15)/t8-/m0/s1. The molecule has 1 atom stereocenters. The fourth-order valence-corrected chi connectivity index (χ4v) is 1.58. The Hall–Kier alpha value is -1.77. The minimum absolute atomic E-state index is 0.189. The predicted molar refractivity (Wildman–Crippen MR) is 70.0 cm³/mol. The topological polar surface area (TPSA) is 119 Å². The van der Waals surface area contributed by atoms with Gasteiger partial charge in [0.2, 0.25) is 12.7 Å². The zero-order valence-corrected chi connectivity index (χ0v) is 12.2. The summed E-state index contributed by atoms with van der Waals surface area (Å²) in [5.74, 6) is -2.81. The van der Waals surface area contributed by atoms with Crippen molar-refractivity contribution in [2.75, 3.05) is 12.5 Å². The number of thioether (sulfide) groups is 1. The van der Waals surface area contributed by atoms with Gasteiger partial charge < -0.3 is 19.9 Å². The van der Waals surface area contributed by atoms with Crippen molar-refractivity contribution >= 4 is 34.9 Å². The highest BCUT2D eigenvalue weighted by Crippen LogP contribution is 2.08. The van der Waals surface area contributed by atoms with Crippen LogP contribution in [0.5, 0.6) is 0 Å². The molecule has 114 valence electrons. The van der Waals surface area contributed by atoms with Gasteiger partial charge >= 0.3 is 17.2 Å². The first-order chi connectivity index (χ1) is 9.23. The molecule has 20 heavy (non-hydrogen) atoms. The van der Waals surface area contributed by atoms with Crippen LogP contribution < -0.4 is 5.32 Å². The smallest absolute Gasteiger partial charge is 0.370 e. The second-order valence-corrected chi connectivity index (χ2v) is 4.99. The highest BCUT2D eigenvalue weighted by atomic mass is 32.2. The number of esters is 1. The third-order valence-electron chi connectivity index (χ3n) is 1.89. The number of rotatable bonds is 7. The number of carbonyl (C=O) groups excluding carboxylic acids is 3. The van der Waals surface area contributed by atoms with Crippen LogP contribution in [-0.2, 0) is 23.9 Å². The van der Waals surface area contributed by atoms with Crippen molar-refractivity contribution in [1.82, 2.24) is 5.32 Å². The summed E-state index contributed by atoms with van der Waals surface area (Å²) in [6.07, 6.45) is 0. The highest BCUT2D eigenvalue weighted by Gasteiger charge is 2.20. The van der Waals surface area contributed by atoms with E-state index in [0.29, 0.717) is 11.8 Å². The van der Waals surface area contributed by atoms with Gasteiger partial charge in [0.25, 0.3) is 0 Å². The largest absolute Gasteiger partial charge is 0.480 e. The van der Waals surface area contributed by atoms with Crippen LogP contribution in [0.1, 0.15) is 20.8 Å². The number of hydrogen-bond donors (Lipinski definition) is 2.